The van der Waals surface area contributed by atoms with Gasteiger partial charge in [0, 0.05) is 7.05 Å². The highest BCUT2D eigenvalue weighted by atomic mass is 16.2. The van der Waals surface area contributed by atoms with Gasteiger partial charge in [-0.25, -0.2) is 24.3 Å². The van der Waals surface area contributed by atoms with Gasteiger partial charge in [0.1, 0.15) is 6.67 Å². The molecule has 1 aromatic carbocycles. The van der Waals surface area contributed by atoms with E-state index in [0.29, 0.717) is 19.6 Å². The second-order valence-corrected chi connectivity index (χ2v) is 5.01. The summed E-state index contributed by atoms with van der Waals surface area (Å²) >= 11 is 0. The van der Waals surface area contributed by atoms with Crippen molar-refractivity contribution >= 4 is 41.4 Å². The number of hydrogen-bond donors (Lipinski definition) is 0. The lowest BCUT2D eigenvalue weighted by molar-refractivity contribution is -0.145. The second kappa shape index (κ2) is 5.26. The average Bonchev–Trinajstić information content (AvgIpc) is 2.90. The molecular formula is C14H10N4O6. The highest BCUT2D eigenvalue weighted by Gasteiger charge is 2.50. The van der Waals surface area contributed by atoms with Crippen molar-refractivity contribution < 1.29 is 28.8 Å². The van der Waals surface area contributed by atoms with E-state index < -0.39 is 42.4 Å². The van der Waals surface area contributed by atoms with Gasteiger partial charge in [-0.2, -0.15) is 0 Å². The first-order valence-corrected chi connectivity index (χ1v) is 6.73. The zero-order chi connectivity index (χ0) is 17.6. The van der Waals surface area contributed by atoms with Gasteiger partial charge in [-0.3, -0.25) is 24.1 Å². The predicted octanol–water partition coefficient (Wildman–Crippen LogP) is -0.640. The largest absolute Gasteiger partial charge is 0.340 e. The molecule has 0 saturated carbocycles. The van der Waals surface area contributed by atoms with Crippen molar-refractivity contribution in [3.05, 3.63) is 30.3 Å². The topological polar surface area (TPSA) is 115 Å². The number of amides is 8. The van der Waals surface area contributed by atoms with E-state index in [2.05, 4.69) is 0 Å². The normalized spacial score (nSPS) is 18.5. The Balaban J connectivity index is 1.88. The Bertz CT molecular complexity index is 805. The molecule has 10 nitrogen and oxygen atoms in total. The number of para-hydroxylation sites is 1. The Kier molecular flexibility index (Phi) is 3.36. The van der Waals surface area contributed by atoms with Gasteiger partial charge in [0.2, 0.25) is 0 Å². The molecule has 0 N–H and O–H groups in total. The van der Waals surface area contributed by atoms with Gasteiger partial charge in [-0.1, -0.05) is 18.2 Å². The number of likely N-dealkylation sites (N-methyl/N-ethyl adjacent to an activating group) is 1. The number of hydrogen-bond acceptors (Lipinski definition) is 6. The number of carbonyl (C=O) groups is 6. The van der Waals surface area contributed by atoms with Gasteiger partial charge in [-0.05, 0) is 12.1 Å². The highest BCUT2D eigenvalue weighted by Crippen LogP contribution is 2.23. The second-order valence-electron chi connectivity index (χ2n) is 5.01. The molecule has 3 rings (SSSR count). The van der Waals surface area contributed by atoms with Crippen LogP contribution in [0, 0.1) is 0 Å². The number of imide groups is 4. The van der Waals surface area contributed by atoms with Gasteiger partial charge in [-0.15, -0.1) is 0 Å². The van der Waals surface area contributed by atoms with Gasteiger partial charge in [0.15, 0.2) is 0 Å². The SMILES string of the molecule is CN1C(=O)C(=O)N(CN2C(=O)C(=O)N(c3ccccc3)C2=O)C1=O. The van der Waals surface area contributed by atoms with Crippen LogP contribution >= 0.6 is 0 Å². The first kappa shape index (κ1) is 15.3. The Hall–Kier alpha value is -3.56. The van der Waals surface area contributed by atoms with E-state index in [9.17, 15) is 28.8 Å². The summed E-state index contributed by atoms with van der Waals surface area (Å²) in [4.78, 5) is 73.5. The van der Waals surface area contributed by atoms with Crippen molar-refractivity contribution in [1.82, 2.24) is 14.7 Å². The van der Waals surface area contributed by atoms with E-state index in [4.69, 9.17) is 0 Å². The number of anilines is 1. The molecule has 2 fully saturated rings. The molecule has 122 valence electrons. The third-order valence-corrected chi connectivity index (χ3v) is 3.60. The monoisotopic (exact) mass is 330 g/mol. The van der Waals surface area contributed by atoms with Crippen molar-refractivity contribution in [1.29, 1.82) is 0 Å². The van der Waals surface area contributed by atoms with Gasteiger partial charge in [0.25, 0.3) is 0 Å². The van der Waals surface area contributed by atoms with Crippen molar-refractivity contribution in [2.45, 2.75) is 0 Å². The summed E-state index contributed by atoms with van der Waals surface area (Å²) in [5.41, 5.74) is 0.176. The summed E-state index contributed by atoms with van der Waals surface area (Å²) in [6.07, 6.45) is 0. The minimum absolute atomic E-state index is 0.176. The lowest BCUT2D eigenvalue weighted by Gasteiger charge is -2.19. The Labute approximate surface area is 134 Å². The molecular weight excluding hydrogens is 320 g/mol. The lowest BCUT2D eigenvalue weighted by atomic mass is 10.3. The van der Waals surface area contributed by atoms with Gasteiger partial charge < -0.3 is 0 Å². The van der Waals surface area contributed by atoms with E-state index in [0.717, 1.165) is 7.05 Å². The first-order chi connectivity index (χ1) is 11.3. The lowest BCUT2D eigenvalue weighted by Crippen LogP contribution is -2.45. The molecule has 0 aromatic heterocycles. The van der Waals surface area contributed by atoms with Crippen molar-refractivity contribution in [3.8, 4) is 0 Å². The minimum atomic E-state index is -1.19. The number of rotatable bonds is 3. The van der Waals surface area contributed by atoms with E-state index in [-0.39, 0.29) is 5.69 Å². The molecule has 8 amide bonds. The molecule has 0 aliphatic carbocycles. The zero-order valence-electron chi connectivity index (χ0n) is 12.3. The van der Waals surface area contributed by atoms with Crippen LogP contribution in [0.2, 0.25) is 0 Å². The zero-order valence-corrected chi connectivity index (χ0v) is 12.3. The maximum absolute atomic E-state index is 12.4. The summed E-state index contributed by atoms with van der Waals surface area (Å²) in [5, 5.41) is 0. The smallest absolute Gasteiger partial charge is 0.263 e. The van der Waals surface area contributed by atoms with E-state index in [1.165, 1.54) is 12.1 Å². The molecule has 0 radical (unpaired) electrons. The molecule has 0 spiro atoms. The summed E-state index contributed by atoms with van der Waals surface area (Å²) in [7, 11) is 1.09. The van der Waals surface area contributed by atoms with Crippen molar-refractivity contribution in [3.63, 3.8) is 0 Å². The standard InChI is InChI=1S/C14H10N4O6/c1-15-9(19)10(20)16(13(15)23)7-17-11(21)12(22)18(14(17)24)8-5-3-2-4-6-8/h2-6H,7H2,1H3. The summed E-state index contributed by atoms with van der Waals surface area (Å²) in [5.74, 6) is -4.55. The van der Waals surface area contributed by atoms with Gasteiger partial charge >= 0.3 is 35.7 Å². The van der Waals surface area contributed by atoms with Crippen LogP contribution in [-0.4, -0.2) is 64.1 Å². The van der Waals surface area contributed by atoms with Crippen LogP contribution in [0.1, 0.15) is 0 Å². The Morgan fingerprint density at radius 3 is 1.79 bits per heavy atom. The van der Waals surface area contributed by atoms with Crippen molar-refractivity contribution in [2.24, 2.45) is 0 Å². The first-order valence-electron chi connectivity index (χ1n) is 6.73. The molecule has 0 atom stereocenters. The van der Waals surface area contributed by atoms with Crippen LogP contribution in [0.3, 0.4) is 0 Å². The molecule has 2 heterocycles. The molecule has 2 aliphatic heterocycles. The molecule has 24 heavy (non-hydrogen) atoms. The van der Waals surface area contributed by atoms with E-state index in [1.54, 1.807) is 18.2 Å². The van der Waals surface area contributed by atoms with E-state index in [1.807, 2.05) is 0 Å². The molecule has 0 bridgehead atoms. The van der Waals surface area contributed by atoms with Crippen LogP contribution in [0.25, 0.3) is 0 Å². The maximum atomic E-state index is 12.4. The Morgan fingerprint density at radius 1 is 0.708 bits per heavy atom. The molecule has 10 heteroatoms. The highest BCUT2D eigenvalue weighted by molar-refractivity contribution is 6.53. The molecule has 1 aromatic rings. The fourth-order valence-electron chi connectivity index (χ4n) is 2.31. The fraction of sp³-hybridized carbons (Fsp3) is 0.143. The van der Waals surface area contributed by atoms with E-state index >= 15 is 0 Å². The summed E-state index contributed by atoms with van der Waals surface area (Å²) in [6, 6.07) is 5.74. The van der Waals surface area contributed by atoms with Gasteiger partial charge in [0.05, 0.1) is 5.69 Å². The minimum Gasteiger partial charge on any atom is -0.263 e. The quantitative estimate of drug-likeness (QED) is 0.538. The predicted molar refractivity (Wildman–Crippen MR) is 76.0 cm³/mol. The van der Waals surface area contributed by atoms with Crippen LogP contribution in [0.4, 0.5) is 15.3 Å². The maximum Gasteiger partial charge on any atom is 0.340 e. The summed E-state index contributed by atoms with van der Waals surface area (Å²) in [6.45, 7) is -0.805. The molecule has 2 aliphatic rings. The number of nitrogens with zero attached hydrogens (tertiary/aromatic N) is 4. The number of urea groups is 2. The third-order valence-electron chi connectivity index (χ3n) is 3.60. The number of benzene rings is 1. The number of carbonyl (C=O) groups excluding carboxylic acids is 6. The van der Waals surface area contributed by atoms with Crippen molar-refractivity contribution in [2.75, 3.05) is 18.6 Å². The van der Waals surface area contributed by atoms with Crippen LogP contribution < -0.4 is 4.90 Å². The Morgan fingerprint density at radius 2 is 1.25 bits per heavy atom. The summed E-state index contributed by atoms with van der Waals surface area (Å²) < 4.78 is 0. The van der Waals surface area contributed by atoms with Crippen LogP contribution in [0.5, 0.6) is 0 Å². The molecule has 0 unspecified atom stereocenters. The molecule has 2 saturated heterocycles. The fourth-order valence-corrected chi connectivity index (χ4v) is 2.31. The third kappa shape index (κ3) is 2.04. The average molecular weight is 330 g/mol. The van der Waals surface area contributed by atoms with Crippen LogP contribution in [0.15, 0.2) is 30.3 Å². The van der Waals surface area contributed by atoms with Crippen LogP contribution in [-0.2, 0) is 19.2 Å².